The molecule has 2 aromatic carbocycles. The summed E-state index contributed by atoms with van der Waals surface area (Å²) in [6.07, 6.45) is 2.56. The summed E-state index contributed by atoms with van der Waals surface area (Å²) in [5, 5.41) is 7.66. The second-order valence-corrected chi connectivity index (χ2v) is 6.96. The molecule has 0 saturated heterocycles. The van der Waals surface area contributed by atoms with Crippen molar-refractivity contribution in [2.24, 2.45) is 5.73 Å². The number of nitrogens with zero attached hydrogens (tertiary/aromatic N) is 2. The Kier molecular flexibility index (Phi) is 7.79. The third-order valence-corrected chi connectivity index (χ3v) is 4.40. The zero-order valence-corrected chi connectivity index (χ0v) is 17.1. The van der Waals surface area contributed by atoms with E-state index in [4.69, 9.17) is 10.8 Å². The first-order valence-electron chi connectivity index (χ1n) is 9.25. The fourth-order valence-corrected chi connectivity index (χ4v) is 2.87. The molecular formula is C22H27ClN4O. The van der Waals surface area contributed by atoms with Crippen LogP contribution in [0.25, 0.3) is 11.3 Å². The second kappa shape index (κ2) is 10.1. The molecule has 1 amide bonds. The number of hydrogen-bond donors (Lipinski definition) is 2. The second-order valence-electron chi connectivity index (χ2n) is 6.96. The zero-order valence-electron chi connectivity index (χ0n) is 16.3. The van der Waals surface area contributed by atoms with Crippen molar-refractivity contribution in [2.45, 2.75) is 32.9 Å². The number of benzene rings is 2. The standard InChI is InChI=1S/C22H26N4O.ClH/c1-16-8-10-19(11-9-16)21-20(22(27)24-13-12-17(2)23)15-26(25-21)14-18-6-4-3-5-7-18;/h3-11,15,17H,12-14,23H2,1-2H3,(H,24,27);1H. The highest BCUT2D eigenvalue weighted by molar-refractivity contribution is 5.99. The minimum Gasteiger partial charge on any atom is -0.352 e. The smallest absolute Gasteiger partial charge is 0.255 e. The maximum absolute atomic E-state index is 12.7. The Balaban J connectivity index is 0.00000280. The van der Waals surface area contributed by atoms with E-state index in [1.54, 1.807) is 0 Å². The van der Waals surface area contributed by atoms with Gasteiger partial charge in [0.05, 0.1) is 12.1 Å². The summed E-state index contributed by atoms with van der Waals surface area (Å²) in [7, 11) is 0. The Hall–Kier alpha value is -2.63. The van der Waals surface area contributed by atoms with E-state index in [9.17, 15) is 4.79 Å². The lowest BCUT2D eigenvalue weighted by Gasteiger charge is -2.07. The summed E-state index contributed by atoms with van der Waals surface area (Å²) in [5.74, 6) is -0.120. The highest BCUT2D eigenvalue weighted by atomic mass is 35.5. The molecule has 6 heteroatoms. The molecule has 0 spiro atoms. The Labute approximate surface area is 172 Å². The van der Waals surface area contributed by atoms with E-state index in [2.05, 4.69) is 17.4 Å². The molecular weight excluding hydrogens is 372 g/mol. The maximum Gasteiger partial charge on any atom is 0.255 e. The molecule has 1 unspecified atom stereocenters. The van der Waals surface area contributed by atoms with Crippen molar-refractivity contribution in [3.63, 3.8) is 0 Å². The Morgan fingerprint density at radius 1 is 1.14 bits per heavy atom. The number of rotatable bonds is 7. The lowest BCUT2D eigenvalue weighted by Crippen LogP contribution is -2.29. The first kappa shape index (κ1) is 21.7. The van der Waals surface area contributed by atoms with Crippen LogP contribution in [0.15, 0.2) is 60.8 Å². The van der Waals surface area contributed by atoms with Crippen molar-refractivity contribution >= 4 is 18.3 Å². The molecule has 3 N–H and O–H groups in total. The Bertz CT molecular complexity index is 889. The first-order valence-corrected chi connectivity index (χ1v) is 9.25. The van der Waals surface area contributed by atoms with Crippen LogP contribution in [-0.4, -0.2) is 28.3 Å². The number of nitrogens with two attached hydrogens (primary N) is 1. The number of aromatic nitrogens is 2. The van der Waals surface area contributed by atoms with Crippen LogP contribution in [0.1, 0.15) is 34.8 Å². The van der Waals surface area contributed by atoms with Crippen molar-refractivity contribution in [3.05, 3.63) is 77.5 Å². The molecule has 1 heterocycles. The first-order chi connectivity index (χ1) is 13.0. The van der Waals surface area contributed by atoms with Gasteiger partial charge in [-0.2, -0.15) is 5.10 Å². The van der Waals surface area contributed by atoms with Crippen LogP contribution in [0.4, 0.5) is 0 Å². The van der Waals surface area contributed by atoms with Crippen LogP contribution in [0.3, 0.4) is 0 Å². The van der Waals surface area contributed by atoms with Gasteiger partial charge < -0.3 is 11.1 Å². The fraction of sp³-hybridized carbons (Fsp3) is 0.273. The van der Waals surface area contributed by atoms with Crippen LogP contribution < -0.4 is 11.1 Å². The van der Waals surface area contributed by atoms with Gasteiger partial charge in [0.2, 0.25) is 0 Å². The summed E-state index contributed by atoms with van der Waals surface area (Å²) in [4.78, 5) is 12.7. The highest BCUT2D eigenvalue weighted by Crippen LogP contribution is 2.23. The molecule has 1 aromatic heterocycles. The van der Waals surface area contributed by atoms with Gasteiger partial charge in [-0.1, -0.05) is 60.2 Å². The molecule has 0 radical (unpaired) electrons. The highest BCUT2D eigenvalue weighted by Gasteiger charge is 2.18. The molecule has 148 valence electrons. The van der Waals surface area contributed by atoms with Crippen molar-refractivity contribution in [3.8, 4) is 11.3 Å². The summed E-state index contributed by atoms with van der Waals surface area (Å²) in [6, 6.07) is 18.2. The number of carbonyl (C=O) groups excluding carboxylic acids is 1. The van der Waals surface area contributed by atoms with E-state index in [0.29, 0.717) is 24.3 Å². The molecule has 0 aliphatic carbocycles. The number of halogens is 1. The van der Waals surface area contributed by atoms with Crippen LogP contribution in [0.5, 0.6) is 0 Å². The SMILES string of the molecule is Cc1ccc(-c2nn(Cc3ccccc3)cc2C(=O)NCCC(C)N)cc1.Cl. The summed E-state index contributed by atoms with van der Waals surface area (Å²) < 4.78 is 1.82. The van der Waals surface area contributed by atoms with Crippen LogP contribution in [0.2, 0.25) is 0 Å². The number of aryl methyl sites for hydroxylation is 1. The number of carbonyl (C=O) groups is 1. The Morgan fingerprint density at radius 3 is 2.46 bits per heavy atom. The van der Waals surface area contributed by atoms with E-state index in [1.807, 2.05) is 67.2 Å². The van der Waals surface area contributed by atoms with Gasteiger partial charge in [0.1, 0.15) is 5.69 Å². The fourth-order valence-electron chi connectivity index (χ4n) is 2.87. The molecule has 1 atom stereocenters. The number of hydrogen-bond acceptors (Lipinski definition) is 3. The minimum atomic E-state index is -0.120. The zero-order chi connectivity index (χ0) is 19.2. The van der Waals surface area contributed by atoms with Gasteiger partial charge in [0.25, 0.3) is 5.91 Å². The van der Waals surface area contributed by atoms with Gasteiger partial charge in [0, 0.05) is 24.3 Å². The largest absolute Gasteiger partial charge is 0.352 e. The minimum absolute atomic E-state index is 0. The average Bonchev–Trinajstić information content (AvgIpc) is 3.06. The van der Waals surface area contributed by atoms with Crippen molar-refractivity contribution in [2.75, 3.05) is 6.54 Å². The van der Waals surface area contributed by atoms with E-state index in [-0.39, 0.29) is 24.4 Å². The normalized spacial score (nSPS) is 11.5. The third kappa shape index (κ3) is 5.68. The predicted molar refractivity (Wildman–Crippen MR) is 116 cm³/mol. The van der Waals surface area contributed by atoms with E-state index in [1.165, 1.54) is 5.56 Å². The van der Waals surface area contributed by atoms with E-state index >= 15 is 0 Å². The molecule has 5 nitrogen and oxygen atoms in total. The van der Waals surface area contributed by atoms with Crippen molar-refractivity contribution < 1.29 is 4.79 Å². The lowest BCUT2D eigenvalue weighted by molar-refractivity contribution is 0.0953. The summed E-state index contributed by atoms with van der Waals surface area (Å²) in [6.45, 7) is 5.14. The van der Waals surface area contributed by atoms with Gasteiger partial charge in [-0.3, -0.25) is 9.48 Å². The molecule has 28 heavy (non-hydrogen) atoms. The predicted octanol–water partition coefficient (Wildman–Crippen LogP) is 3.80. The summed E-state index contributed by atoms with van der Waals surface area (Å²) in [5.41, 5.74) is 10.3. The molecule has 0 saturated carbocycles. The van der Waals surface area contributed by atoms with Crippen LogP contribution >= 0.6 is 12.4 Å². The van der Waals surface area contributed by atoms with Gasteiger partial charge >= 0.3 is 0 Å². The van der Waals surface area contributed by atoms with Crippen LogP contribution in [-0.2, 0) is 6.54 Å². The third-order valence-electron chi connectivity index (χ3n) is 4.40. The average molecular weight is 399 g/mol. The van der Waals surface area contributed by atoms with E-state index < -0.39 is 0 Å². The van der Waals surface area contributed by atoms with Gasteiger partial charge in [-0.25, -0.2) is 0 Å². The van der Waals surface area contributed by atoms with Gasteiger partial charge in [-0.15, -0.1) is 12.4 Å². The number of nitrogens with one attached hydrogen (secondary N) is 1. The van der Waals surface area contributed by atoms with Gasteiger partial charge in [0.15, 0.2) is 0 Å². The van der Waals surface area contributed by atoms with Crippen molar-refractivity contribution in [1.29, 1.82) is 0 Å². The monoisotopic (exact) mass is 398 g/mol. The maximum atomic E-state index is 12.7. The molecule has 0 aliphatic rings. The molecule has 3 rings (SSSR count). The Morgan fingerprint density at radius 2 is 1.82 bits per heavy atom. The molecule has 0 bridgehead atoms. The quantitative estimate of drug-likeness (QED) is 0.635. The molecule has 3 aromatic rings. The summed E-state index contributed by atoms with van der Waals surface area (Å²) >= 11 is 0. The topological polar surface area (TPSA) is 72.9 Å². The van der Waals surface area contributed by atoms with Gasteiger partial charge in [-0.05, 0) is 25.8 Å². The van der Waals surface area contributed by atoms with E-state index in [0.717, 1.165) is 17.5 Å². The molecule has 0 fully saturated rings. The van der Waals surface area contributed by atoms with Crippen molar-refractivity contribution in [1.82, 2.24) is 15.1 Å². The number of amides is 1. The lowest BCUT2D eigenvalue weighted by atomic mass is 10.1. The molecule has 0 aliphatic heterocycles. The van der Waals surface area contributed by atoms with Crippen LogP contribution in [0, 0.1) is 6.92 Å².